The monoisotopic (exact) mass is 317 g/mol. The smallest absolute Gasteiger partial charge is 0.241 e. The van der Waals surface area contributed by atoms with Crippen molar-refractivity contribution in [2.75, 3.05) is 0 Å². The molecule has 0 radical (unpaired) electrons. The highest BCUT2D eigenvalue weighted by Crippen LogP contribution is 2.38. The molecular formula is C16H19N3O2S. The molecule has 0 bridgehead atoms. The third-order valence-electron chi connectivity index (χ3n) is 3.80. The Balaban J connectivity index is 1.75. The van der Waals surface area contributed by atoms with Crippen LogP contribution in [0.4, 0.5) is 0 Å². The van der Waals surface area contributed by atoms with Crippen LogP contribution >= 0.6 is 0 Å². The predicted molar refractivity (Wildman–Crippen MR) is 83.9 cm³/mol. The summed E-state index contributed by atoms with van der Waals surface area (Å²) >= 11 is 0. The Kier molecular flexibility index (Phi) is 3.97. The maximum Gasteiger partial charge on any atom is 0.241 e. The fourth-order valence-corrected chi connectivity index (χ4v) is 3.68. The summed E-state index contributed by atoms with van der Waals surface area (Å²) in [5, 5.41) is 0. The lowest BCUT2D eigenvalue weighted by Crippen LogP contribution is -2.24. The van der Waals surface area contributed by atoms with Gasteiger partial charge >= 0.3 is 0 Å². The first-order chi connectivity index (χ1) is 10.5. The topological polar surface area (TPSA) is 72.0 Å². The van der Waals surface area contributed by atoms with Crippen LogP contribution in [0.5, 0.6) is 0 Å². The second kappa shape index (κ2) is 5.78. The summed E-state index contributed by atoms with van der Waals surface area (Å²) in [7, 11) is -3.53. The minimum atomic E-state index is -3.53. The summed E-state index contributed by atoms with van der Waals surface area (Å²) in [5.41, 5.74) is 3.50. The summed E-state index contributed by atoms with van der Waals surface area (Å²) in [4.78, 5) is 8.70. The van der Waals surface area contributed by atoms with Crippen LogP contribution in [-0.2, 0) is 16.6 Å². The minimum absolute atomic E-state index is 0.178. The number of rotatable bonds is 5. The Labute approximate surface area is 130 Å². The summed E-state index contributed by atoms with van der Waals surface area (Å²) in [6, 6.07) is 7.20. The summed E-state index contributed by atoms with van der Waals surface area (Å²) < 4.78 is 27.4. The first-order valence-corrected chi connectivity index (χ1v) is 8.82. The quantitative estimate of drug-likeness (QED) is 0.919. The van der Waals surface area contributed by atoms with Crippen LogP contribution in [-0.4, -0.2) is 18.4 Å². The lowest BCUT2D eigenvalue weighted by Gasteiger charge is -2.10. The van der Waals surface area contributed by atoms with Gasteiger partial charge in [-0.3, -0.25) is 0 Å². The molecule has 2 aromatic rings. The fraction of sp³-hybridized carbons (Fsp3) is 0.375. The van der Waals surface area contributed by atoms with Crippen molar-refractivity contribution in [3.8, 4) is 0 Å². The van der Waals surface area contributed by atoms with Gasteiger partial charge in [-0.1, -0.05) is 17.7 Å². The number of nitrogens with one attached hydrogen (secondary N) is 1. The molecule has 1 N–H and O–H groups in total. The first kappa shape index (κ1) is 15.1. The van der Waals surface area contributed by atoms with E-state index in [1.54, 1.807) is 19.1 Å². The van der Waals surface area contributed by atoms with Crippen molar-refractivity contribution in [3.05, 3.63) is 53.1 Å². The third-order valence-corrected chi connectivity index (χ3v) is 5.37. The van der Waals surface area contributed by atoms with Crippen molar-refractivity contribution in [2.24, 2.45) is 0 Å². The number of aryl methyl sites for hydroxylation is 2. The minimum Gasteiger partial charge on any atom is -0.241 e. The Morgan fingerprint density at radius 3 is 2.64 bits per heavy atom. The molecule has 1 aromatic carbocycles. The number of benzene rings is 1. The maximum absolute atomic E-state index is 12.4. The van der Waals surface area contributed by atoms with Crippen LogP contribution in [0.3, 0.4) is 0 Å². The highest BCUT2D eigenvalue weighted by Gasteiger charge is 2.25. The zero-order valence-corrected chi connectivity index (χ0v) is 13.5. The van der Waals surface area contributed by atoms with Gasteiger partial charge in [-0.2, -0.15) is 0 Å². The van der Waals surface area contributed by atoms with Crippen molar-refractivity contribution in [2.45, 2.75) is 44.0 Å². The Morgan fingerprint density at radius 1 is 1.18 bits per heavy atom. The molecule has 1 aliphatic rings. The van der Waals surface area contributed by atoms with Gasteiger partial charge in [-0.05, 0) is 44.4 Å². The van der Waals surface area contributed by atoms with Crippen LogP contribution in [0.2, 0.25) is 0 Å². The first-order valence-electron chi connectivity index (χ1n) is 7.33. The number of aromatic nitrogens is 2. The molecule has 0 spiro atoms. The zero-order valence-electron chi connectivity index (χ0n) is 12.7. The molecule has 0 aliphatic heterocycles. The van der Waals surface area contributed by atoms with Crippen molar-refractivity contribution >= 4 is 10.0 Å². The predicted octanol–water partition coefficient (Wildman–Crippen LogP) is 2.45. The summed E-state index contributed by atoms with van der Waals surface area (Å²) in [5.74, 6) is 0.526. The van der Waals surface area contributed by atoms with E-state index in [9.17, 15) is 8.42 Å². The van der Waals surface area contributed by atoms with Crippen LogP contribution in [0.25, 0.3) is 0 Å². The van der Waals surface area contributed by atoms with Crippen LogP contribution in [0, 0.1) is 13.8 Å². The highest BCUT2D eigenvalue weighted by atomic mass is 32.2. The highest BCUT2D eigenvalue weighted by molar-refractivity contribution is 7.89. The van der Waals surface area contributed by atoms with E-state index in [4.69, 9.17) is 0 Å². The van der Waals surface area contributed by atoms with E-state index in [0.717, 1.165) is 29.7 Å². The normalized spacial score (nSPS) is 15.0. The average Bonchev–Trinajstić information content (AvgIpc) is 3.30. The molecule has 5 nitrogen and oxygen atoms in total. The van der Waals surface area contributed by atoms with Crippen LogP contribution < -0.4 is 4.72 Å². The molecule has 116 valence electrons. The van der Waals surface area contributed by atoms with Crippen molar-refractivity contribution in [1.82, 2.24) is 14.7 Å². The molecular weight excluding hydrogens is 298 g/mol. The molecule has 1 fully saturated rings. The molecule has 3 rings (SSSR count). The van der Waals surface area contributed by atoms with Gasteiger partial charge in [0.05, 0.1) is 17.1 Å². The van der Waals surface area contributed by atoms with E-state index in [0.29, 0.717) is 16.5 Å². The zero-order chi connectivity index (χ0) is 15.7. The SMILES string of the molecule is Cc1ccc(S(=O)(=O)NCc2cc(C3CC3)ncn2)c(C)c1. The molecule has 1 saturated carbocycles. The number of sulfonamides is 1. The molecule has 22 heavy (non-hydrogen) atoms. The van der Waals surface area contributed by atoms with E-state index in [1.165, 1.54) is 6.33 Å². The molecule has 1 heterocycles. The molecule has 1 aromatic heterocycles. The van der Waals surface area contributed by atoms with E-state index in [1.807, 2.05) is 19.1 Å². The van der Waals surface area contributed by atoms with Crippen molar-refractivity contribution in [3.63, 3.8) is 0 Å². The van der Waals surface area contributed by atoms with Crippen LogP contribution in [0.1, 0.15) is 41.3 Å². The maximum atomic E-state index is 12.4. The third kappa shape index (κ3) is 3.34. The number of hydrogen-bond donors (Lipinski definition) is 1. The van der Waals surface area contributed by atoms with Crippen molar-refractivity contribution in [1.29, 1.82) is 0 Å². The lowest BCUT2D eigenvalue weighted by atomic mass is 10.2. The van der Waals surface area contributed by atoms with E-state index < -0.39 is 10.0 Å². The van der Waals surface area contributed by atoms with Gasteiger partial charge in [0, 0.05) is 11.6 Å². The molecule has 6 heteroatoms. The number of nitrogens with zero attached hydrogens (tertiary/aromatic N) is 2. The van der Waals surface area contributed by atoms with Gasteiger partial charge < -0.3 is 0 Å². The van der Waals surface area contributed by atoms with Gasteiger partial charge in [0.2, 0.25) is 10.0 Å². The summed E-state index contributed by atoms with van der Waals surface area (Å²) in [6.45, 7) is 3.92. The van der Waals surface area contributed by atoms with Gasteiger partial charge in [0.1, 0.15) is 6.33 Å². The summed E-state index contributed by atoms with van der Waals surface area (Å²) in [6.07, 6.45) is 3.82. The molecule has 0 unspecified atom stereocenters. The van der Waals surface area contributed by atoms with Gasteiger partial charge in [-0.15, -0.1) is 0 Å². The molecule has 0 atom stereocenters. The molecule has 1 aliphatic carbocycles. The van der Waals surface area contributed by atoms with E-state index >= 15 is 0 Å². The largest absolute Gasteiger partial charge is 0.241 e. The van der Waals surface area contributed by atoms with Crippen LogP contribution in [0.15, 0.2) is 35.5 Å². The average molecular weight is 317 g/mol. The standard InChI is InChI=1S/C16H19N3O2S/c1-11-3-6-16(12(2)7-11)22(20,21)19-9-14-8-15(13-4-5-13)18-10-17-14/h3,6-8,10,13,19H,4-5,9H2,1-2H3. The van der Waals surface area contributed by atoms with E-state index in [-0.39, 0.29) is 6.54 Å². The van der Waals surface area contributed by atoms with Crippen molar-refractivity contribution < 1.29 is 8.42 Å². The second-order valence-corrected chi connectivity index (χ2v) is 7.54. The fourth-order valence-electron chi connectivity index (χ4n) is 2.46. The van der Waals surface area contributed by atoms with E-state index in [2.05, 4.69) is 14.7 Å². The molecule has 0 amide bonds. The Morgan fingerprint density at radius 2 is 1.95 bits per heavy atom. The van der Waals surface area contributed by atoms with Gasteiger partial charge in [0.25, 0.3) is 0 Å². The van der Waals surface area contributed by atoms with Gasteiger partial charge in [0.15, 0.2) is 0 Å². The van der Waals surface area contributed by atoms with Gasteiger partial charge in [-0.25, -0.2) is 23.1 Å². The lowest BCUT2D eigenvalue weighted by molar-refractivity contribution is 0.579. The molecule has 0 saturated heterocycles. The Bertz CT molecular complexity index is 799. The Hall–Kier alpha value is -1.79. The second-order valence-electron chi connectivity index (χ2n) is 5.80. The number of hydrogen-bond acceptors (Lipinski definition) is 4.